The van der Waals surface area contributed by atoms with Gasteiger partial charge < -0.3 is 10.2 Å². The van der Waals surface area contributed by atoms with Gasteiger partial charge in [0.25, 0.3) is 0 Å². The lowest BCUT2D eigenvalue weighted by Crippen LogP contribution is -2.30. The van der Waals surface area contributed by atoms with E-state index in [2.05, 4.69) is 20.2 Å². The highest BCUT2D eigenvalue weighted by Gasteiger charge is 2.11. The van der Waals surface area contributed by atoms with Gasteiger partial charge in [0.2, 0.25) is 5.91 Å². The first kappa shape index (κ1) is 16.6. The molecule has 0 radical (unpaired) electrons. The van der Waals surface area contributed by atoms with Crippen molar-refractivity contribution < 1.29 is 4.79 Å². The average Bonchev–Trinajstić information content (AvgIpc) is 3.05. The van der Waals surface area contributed by atoms with E-state index in [0.29, 0.717) is 6.54 Å². The first-order valence-corrected chi connectivity index (χ1v) is 9.10. The summed E-state index contributed by atoms with van der Waals surface area (Å²) in [4.78, 5) is 23.9. The van der Waals surface area contributed by atoms with Crippen LogP contribution < -0.4 is 10.2 Å². The molecule has 1 amide bonds. The summed E-state index contributed by atoms with van der Waals surface area (Å²) in [5.74, 6) is 0.923. The van der Waals surface area contributed by atoms with Gasteiger partial charge in [-0.15, -0.1) is 11.3 Å². The lowest BCUT2D eigenvalue weighted by atomic mass is 10.1. The van der Waals surface area contributed by atoms with Gasteiger partial charge in [-0.3, -0.25) is 4.79 Å². The lowest BCUT2D eigenvalue weighted by molar-refractivity contribution is -0.116. The van der Waals surface area contributed by atoms with E-state index in [1.807, 2.05) is 25.3 Å². The van der Waals surface area contributed by atoms with Crippen LogP contribution in [0.2, 0.25) is 0 Å². The molecule has 2 aromatic rings. The van der Waals surface area contributed by atoms with E-state index in [1.54, 1.807) is 29.7 Å². The zero-order valence-electron chi connectivity index (χ0n) is 13.9. The molecular formula is C18H22N4OS. The van der Waals surface area contributed by atoms with Gasteiger partial charge in [-0.2, -0.15) is 0 Å². The van der Waals surface area contributed by atoms with Crippen molar-refractivity contribution in [1.82, 2.24) is 15.3 Å². The summed E-state index contributed by atoms with van der Waals surface area (Å²) in [6, 6.07) is 4.08. The number of pyridine rings is 1. The molecule has 0 spiro atoms. The summed E-state index contributed by atoms with van der Waals surface area (Å²) in [6.07, 6.45) is 10.7. The Morgan fingerprint density at radius 1 is 1.25 bits per heavy atom. The molecule has 0 bridgehead atoms. The molecule has 1 saturated heterocycles. The van der Waals surface area contributed by atoms with Crippen molar-refractivity contribution in [2.45, 2.75) is 32.7 Å². The minimum absolute atomic E-state index is 0.110. The number of carbonyl (C=O) groups excluding carboxylic acids is 1. The number of aromatic nitrogens is 2. The molecule has 6 heteroatoms. The molecule has 3 heterocycles. The van der Waals surface area contributed by atoms with Crippen LogP contribution in [0.25, 0.3) is 6.08 Å². The molecule has 1 N–H and O–H groups in total. The number of thiazole rings is 1. The number of hydrogen-bond donors (Lipinski definition) is 1. The van der Waals surface area contributed by atoms with Crippen LogP contribution in [0.3, 0.4) is 0 Å². The second-order valence-electron chi connectivity index (χ2n) is 5.91. The lowest BCUT2D eigenvalue weighted by Gasteiger charge is -2.27. The number of nitrogens with one attached hydrogen (secondary N) is 1. The third-order valence-electron chi connectivity index (χ3n) is 3.99. The Balaban J connectivity index is 1.49. The highest BCUT2D eigenvalue weighted by molar-refractivity contribution is 7.12. The zero-order chi connectivity index (χ0) is 16.8. The van der Waals surface area contributed by atoms with Crippen molar-refractivity contribution in [3.8, 4) is 0 Å². The van der Waals surface area contributed by atoms with Gasteiger partial charge in [-0.05, 0) is 43.9 Å². The van der Waals surface area contributed by atoms with E-state index in [4.69, 9.17) is 0 Å². The average molecular weight is 342 g/mol. The first-order valence-electron chi connectivity index (χ1n) is 8.29. The molecule has 3 rings (SSSR count). The Morgan fingerprint density at radius 2 is 2.08 bits per heavy atom. The van der Waals surface area contributed by atoms with Crippen LogP contribution in [-0.4, -0.2) is 29.0 Å². The largest absolute Gasteiger partial charge is 0.357 e. The number of carbonyl (C=O) groups is 1. The van der Waals surface area contributed by atoms with Crippen LogP contribution in [0.5, 0.6) is 0 Å². The van der Waals surface area contributed by atoms with Crippen LogP contribution in [0.4, 0.5) is 5.82 Å². The highest BCUT2D eigenvalue weighted by Crippen LogP contribution is 2.17. The number of anilines is 1. The van der Waals surface area contributed by atoms with Gasteiger partial charge in [-0.1, -0.05) is 6.07 Å². The van der Waals surface area contributed by atoms with E-state index in [1.165, 1.54) is 19.3 Å². The zero-order valence-corrected chi connectivity index (χ0v) is 14.7. The summed E-state index contributed by atoms with van der Waals surface area (Å²) < 4.78 is 0. The van der Waals surface area contributed by atoms with Crippen molar-refractivity contribution in [3.63, 3.8) is 0 Å². The van der Waals surface area contributed by atoms with Crippen molar-refractivity contribution in [3.05, 3.63) is 46.1 Å². The molecule has 1 aliphatic rings. The maximum Gasteiger partial charge on any atom is 0.244 e. The SMILES string of the molecule is Cc1ncc(/C=C\C(=O)NCc2ccc(N3CCCCC3)nc2)s1. The number of rotatable bonds is 5. The smallest absolute Gasteiger partial charge is 0.244 e. The van der Waals surface area contributed by atoms with E-state index in [0.717, 1.165) is 34.4 Å². The molecule has 0 saturated carbocycles. The third-order valence-corrected chi connectivity index (χ3v) is 4.87. The molecule has 1 aliphatic heterocycles. The van der Waals surface area contributed by atoms with Crippen molar-refractivity contribution in [1.29, 1.82) is 0 Å². The molecule has 1 fully saturated rings. The molecule has 0 aliphatic carbocycles. The molecule has 2 aromatic heterocycles. The predicted molar refractivity (Wildman–Crippen MR) is 98.0 cm³/mol. The summed E-state index contributed by atoms with van der Waals surface area (Å²) in [6.45, 7) is 4.61. The van der Waals surface area contributed by atoms with Crippen molar-refractivity contribution >= 4 is 29.1 Å². The normalized spacial score (nSPS) is 15.0. The summed E-state index contributed by atoms with van der Waals surface area (Å²) in [5.41, 5.74) is 1.01. The van der Waals surface area contributed by atoms with E-state index in [-0.39, 0.29) is 5.91 Å². The predicted octanol–water partition coefficient (Wildman–Crippen LogP) is 3.17. The van der Waals surface area contributed by atoms with E-state index in [9.17, 15) is 4.79 Å². The van der Waals surface area contributed by atoms with Gasteiger partial charge in [0.1, 0.15) is 5.82 Å². The molecular weight excluding hydrogens is 320 g/mol. The fourth-order valence-corrected chi connectivity index (χ4v) is 3.38. The van der Waals surface area contributed by atoms with Gasteiger partial charge in [0, 0.05) is 43.0 Å². The number of aryl methyl sites for hydroxylation is 1. The maximum atomic E-state index is 11.9. The summed E-state index contributed by atoms with van der Waals surface area (Å²) in [5, 5.41) is 3.88. The summed E-state index contributed by atoms with van der Waals surface area (Å²) in [7, 11) is 0. The minimum atomic E-state index is -0.110. The number of amides is 1. The molecule has 0 unspecified atom stereocenters. The number of piperidine rings is 1. The monoisotopic (exact) mass is 342 g/mol. The van der Waals surface area contributed by atoms with Crippen LogP contribution >= 0.6 is 11.3 Å². The molecule has 0 aromatic carbocycles. The molecule has 126 valence electrons. The van der Waals surface area contributed by atoms with Crippen molar-refractivity contribution in [2.75, 3.05) is 18.0 Å². The Morgan fingerprint density at radius 3 is 2.75 bits per heavy atom. The summed E-state index contributed by atoms with van der Waals surface area (Å²) >= 11 is 1.57. The Kier molecular flexibility index (Phi) is 5.59. The fourth-order valence-electron chi connectivity index (χ4n) is 2.69. The van der Waals surface area contributed by atoms with Crippen molar-refractivity contribution in [2.24, 2.45) is 0 Å². The van der Waals surface area contributed by atoms with E-state index < -0.39 is 0 Å². The van der Waals surface area contributed by atoms with Crippen LogP contribution in [0.1, 0.15) is 34.7 Å². The second-order valence-corrected chi connectivity index (χ2v) is 7.17. The van der Waals surface area contributed by atoms with Gasteiger partial charge in [-0.25, -0.2) is 9.97 Å². The molecule has 0 atom stereocenters. The Bertz CT molecular complexity index is 702. The topological polar surface area (TPSA) is 58.1 Å². The Labute approximate surface area is 146 Å². The van der Waals surface area contributed by atoms with Crippen LogP contribution in [-0.2, 0) is 11.3 Å². The van der Waals surface area contributed by atoms with Gasteiger partial charge in [0.05, 0.1) is 5.01 Å². The highest BCUT2D eigenvalue weighted by atomic mass is 32.1. The fraction of sp³-hybridized carbons (Fsp3) is 0.389. The minimum Gasteiger partial charge on any atom is -0.357 e. The number of hydrogen-bond acceptors (Lipinski definition) is 5. The quantitative estimate of drug-likeness (QED) is 0.848. The van der Waals surface area contributed by atoms with E-state index >= 15 is 0 Å². The number of nitrogens with zero attached hydrogens (tertiary/aromatic N) is 3. The molecule has 5 nitrogen and oxygen atoms in total. The standard InChI is InChI=1S/C18H22N4OS/c1-14-19-13-16(24-14)6-8-18(23)21-12-15-5-7-17(20-11-15)22-9-3-2-4-10-22/h5-8,11,13H,2-4,9-10,12H2,1H3,(H,21,23)/b8-6-. The first-order chi connectivity index (χ1) is 11.7. The second kappa shape index (κ2) is 8.06. The maximum absolute atomic E-state index is 11.9. The van der Waals surface area contributed by atoms with Gasteiger partial charge in [0.15, 0.2) is 0 Å². The Hall–Kier alpha value is -2.21. The van der Waals surface area contributed by atoms with Crippen LogP contribution in [0.15, 0.2) is 30.6 Å². The molecule has 24 heavy (non-hydrogen) atoms. The third kappa shape index (κ3) is 4.64. The van der Waals surface area contributed by atoms with Gasteiger partial charge >= 0.3 is 0 Å². The van der Waals surface area contributed by atoms with Crippen LogP contribution in [0, 0.1) is 6.92 Å².